The minimum Gasteiger partial charge on any atom is -0.371 e. The smallest absolute Gasteiger partial charge is 0.223 e. The predicted molar refractivity (Wildman–Crippen MR) is 109 cm³/mol. The third-order valence-corrected chi connectivity index (χ3v) is 5.55. The van der Waals surface area contributed by atoms with Gasteiger partial charge < -0.3 is 15.2 Å². The maximum Gasteiger partial charge on any atom is 0.223 e. The van der Waals surface area contributed by atoms with Gasteiger partial charge in [0.05, 0.1) is 0 Å². The molecule has 3 heterocycles. The van der Waals surface area contributed by atoms with Crippen LogP contribution in [0.1, 0.15) is 18.4 Å². The molecule has 2 N–H and O–H groups in total. The van der Waals surface area contributed by atoms with Crippen LogP contribution in [0.25, 0.3) is 10.9 Å². The van der Waals surface area contributed by atoms with Crippen molar-refractivity contribution in [3.05, 3.63) is 59.5 Å². The topological polar surface area (TPSA) is 61.0 Å². The zero-order valence-electron chi connectivity index (χ0n) is 15.1. The van der Waals surface area contributed by atoms with Gasteiger partial charge in [-0.25, -0.2) is 0 Å². The Kier molecular flexibility index (Phi) is 5.30. The Labute approximate surface area is 163 Å². The van der Waals surface area contributed by atoms with E-state index >= 15 is 0 Å². The number of nitrogens with one attached hydrogen (secondary N) is 2. The Morgan fingerprint density at radius 1 is 1.22 bits per heavy atom. The van der Waals surface area contributed by atoms with Gasteiger partial charge in [0.1, 0.15) is 0 Å². The highest BCUT2D eigenvalue weighted by atomic mass is 35.5. The van der Waals surface area contributed by atoms with Crippen molar-refractivity contribution in [3.63, 3.8) is 0 Å². The quantitative estimate of drug-likeness (QED) is 0.705. The molecule has 0 bridgehead atoms. The molecule has 1 saturated heterocycles. The maximum atomic E-state index is 12.5. The Morgan fingerprint density at radius 3 is 2.78 bits per heavy atom. The van der Waals surface area contributed by atoms with Gasteiger partial charge in [-0.1, -0.05) is 11.6 Å². The molecule has 2 aromatic heterocycles. The van der Waals surface area contributed by atoms with Gasteiger partial charge in [-0.15, -0.1) is 0 Å². The number of carbonyl (C=O) groups is 1. The highest BCUT2D eigenvalue weighted by Crippen LogP contribution is 2.24. The predicted octanol–water partition coefficient (Wildman–Crippen LogP) is 3.79. The third kappa shape index (κ3) is 4.08. The van der Waals surface area contributed by atoms with E-state index in [1.165, 1.54) is 11.3 Å². The van der Waals surface area contributed by atoms with Crippen LogP contribution in [0, 0.1) is 5.92 Å². The van der Waals surface area contributed by atoms with Crippen molar-refractivity contribution in [2.75, 3.05) is 24.5 Å². The van der Waals surface area contributed by atoms with Crippen molar-refractivity contribution in [1.82, 2.24) is 15.3 Å². The van der Waals surface area contributed by atoms with Crippen molar-refractivity contribution < 1.29 is 4.79 Å². The molecule has 0 unspecified atom stereocenters. The second-order valence-corrected chi connectivity index (χ2v) is 7.45. The van der Waals surface area contributed by atoms with Gasteiger partial charge in [0, 0.05) is 65.8 Å². The van der Waals surface area contributed by atoms with E-state index in [-0.39, 0.29) is 11.8 Å². The molecule has 0 atom stereocenters. The van der Waals surface area contributed by atoms with E-state index in [4.69, 9.17) is 11.6 Å². The highest BCUT2D eigenvalue weighted by Gasteiger charge is 2.24. The summed E-state index contributed by atoms with van der Waals surface area (Å²) in [5.41, 5.74) is 3.44. The summed E-state index contributed by atoms with van der Waals surface area (Å²) in [7, 11) is 0. The van der Waals surface area contributed by atoms with Crippen LogP contribution in [0.4, 0.5) is 5.69 Å². The molecular weight excluding hydrogens is 360 g/mol. The molecule has 6 heteroatoms. The Morgan fingerprint density at radius 2 is 2.00 bits per heavy atom. The molecule has 1 aliphatic heterocycles. The molecule has 0 aliphatic carbocycles. The molecule has 0 radical (unpaired) electrons. The zero-order chi connectivity index (χ0) is 18.6. The number of piperidine rings is 1. The largest absolute Gasteiger partial charge is 0.371 e. The van der Waals surface area contributed by atoms with Crippen LogP contribution in [0.3, 0.4) is 0 Å². The van der Waals surface area contributed by atoms with Gasteiger partial charge >= 0.3 is 0 Å². The minimum absolute atomic E-state index is 0.0977. The molecule has 5 nitrogen and oxygen atoms in total. The maximum absolute atomic E-state index is 12.5. The van der Waals surface area contributed by atoms with E-state index < -0.39 is 0 Å². The first-order valence-electron chi connectivity index (χ1n) is 9.39. The first kappa shape index (κ1) is 17.9. The number of carbonyl (C=O) groups excluding carboxylic acids is 1. The Hall–Kier alpha value is -2.53. The van der Waals surface area contributed by atoms with Crippen LogP contribution < -0.4 is 10.2 Å². The van der Waals surface area contributed by atoms with Crippen molar-refractivity contribution >= 4 is 34.1 Å². The van der Waals surface area contributed by atoms with E-state index in [1.807, 2.05) is 48.9 Å². The number of hydrogen-bond acceptors (Lipinski definition) is 3. The van der Waals surface area contributed by atoms with Crippen LogP contribution in [0.15, 0.2) is 48.9 Å². The van der Waals surface area contributed by atoms with Crippen molar-refractivity contribution in [1.29, 1.82) is 0 Å². The standard InChI is InChI=1S/C21H23ClN4O/c22-17-1-2-20-19(13-17)16(14-25-20)3-10-24-21(27)15-6-11-26(12-7-15)18-4-8-23-9-5-18/h1-2,4-5,8-9,13-15,25H,3,6-7,10-12H2,(H,24,27). The number of anilines is 1. The fourth-order valence-electron chi connectivity index (χ4n) is 3.78. The van der Waals surface area contributed by atoms with Gasteiger partial charge in [0.15, 0.2) is 0 Å². The summed E-state index contributed by atoms with van der Waals surface area (Å²) in [4.78, 5) is 22.2. The number of rotatable bonds is 5. The van der Waals surface area contributed by atoms with Crippen molar-refractivity contribution in [3.8, 4) is 0 Å². The summed E-state index contributed by atoms with van der Waals surface area (Å²) in [5, 5.41) is 4.97. The SMILES string of the molecule is O=C(NCCc1c[nH]c2ccc(Cl)cc12)C1CCN(c2ccncc2)CC1. The number of H-pyrrole nitrogens is 1. The van der Waals surface area contributed by atoms with E-state index in [0.717, 1.165) is 48.3 Å². The minimum atomic E-state index is 0.0977. The van der Waals surface area contributed by atoms with Gasteiger partial charge in [0.25, 0.3) is 0 Å². The first-order chi connectivity index (χ1) is 13.2. The first-order valence-corrected chi connectivity index (χ1v) is 9.77. The Balaban J connectivity index is 1.27. The molecular formula is C21H23ClN4O. The van der Waals surface area contributed by atoms with Crippen molar-refractivity contribution in [2.45, 2.75) is 19.3 Å². The van der Waals surface area contributed by atoms with Crippen LogP contribution in [0.5, 0.6) is 0 Å². The molecule has 140 valence electrons. The van der Waals surface area contributed by atoms with Gasteiger partial charge in [0.2, 0.25) is 5.91 Å². The third-order valence-electron chi connectivity index (χ3n) is 5.32. The van der Waals surface area contributed by atoms with Crippen LogP contribution >= 0.6 is 11.6 Å². The van der Waals surface area contributed by atoms with Gasteiger partial charge in [-0.3, -0.25) is 9.78 Å². The number of fused-ring (bicyclic) bond motifs is 1. The summed E-state index contributed by atoms with van der Waals surface area (Å²) in [6.45, 7) is 2.45. The van der Waals surface area contributed by atoms with E-state index in [2.05, 4.69) is 20.2 Å². The van der Waals surface area contributed by atoms with Gasteiger partial charge in [-0.2, -0.15) is 0 Å². The highest BCUT2D eigenvalue weighted by molar-refractivity contribution is 6.31. The molecule has 1 aromatic carbocycles. The molecule has 1 amide bonds. The lowest BCUT2D eigenvalue weighted by molar-refractivity contribution is -0.125. The summed E-state index contributed by atoms with van der Waals surface area (Å²) in [5.74, 6) is 0.266. The lowest BCUT2D eigenvalue weighted by Crippen LogP contribution is -2.41. The number of aromatic amines is 1. The fourth-order valence-corrected chi connectivity index (χ4v) is 3.95. The number of hydrogen-bond donors (Lipinski definition) is 2. The number of amides is 1. The summed E-state index contributed by atoms with van der Waals surface area (Å²) in [6.07, 6.45) is 8.19. The molecule has 0 spiro atoms. The monoisotopic (exact) mass is 382 g/mol. The van der Waals surface area contributed by atoms with Crippen LogP contribution in [-0.2, 0) is 11.2 Å². The molecule has 4 rings (SSSR count). The average molecular weight is 383 g/mol. The van der Waals surface area contributed by atoms with Crippen molar-refractivity contribution in [2.24, 2.45) is 5.92 Å². The van der Waals surface area contributed by atoms with Crippen LogP contribution in [-0.4, -0.2) is 35.5 Å². The number of nitrogens with zero attached hydrogens (tertiary/aromatic N) is 2. The Bertz CT molecular complexity index is 916. The average Bonchev–Trinajstić information content (AvgIpc) is 3.11. The fraction of sp³-hybridized carbons (Fsp3) is 0.333. The molecule has 3 aromatic rings. The number of pyridine rings is 1. The molecule has 1 aliphatic rings. The van der Waals surface area contributed by atoms with E-state index in [0.29, 0.717) is 6.54 Å². The molecule has 1 fully saturated rings. The summed E-state index contributed by atoms with van der Waals surface area (Å²) >= 11 is 6.10. The second kappa shape index (κ2) is 8.01. The lowest BCUT2D eigenvalue weighted by atomic mass is 9.95. The number of benzene rings is 1. The second-order valence-electron chi connectivity index (χ2n) is 7.01. The lowest BCUT2D eigenvalue weighted by Gasteiger charge is -2.32. The van der Waals surface area contributed by atoms with Crippen LogP contribution in [0.2, 0.25) is 5.02 Å². The van der Waals surface area contributed by atoms with E-state index in [1.54, 1.807) is 0 Å². The molecule has 0 saturated carbocycles. The summed E-state index contributed by atoms with van der Waals surface area (Å²) in [6, 6.07) is 9.88. The molecule has 27 heavy (non-hydrogen) atoms. The number of aromatic nitrogens is 2. The summed E-state index contributed by atoms with van der Waals surface area (Å²) < 4.78 is 0. The van der Waals surface area contributed by atoms with Gasteiger partial charge in [-0.05, 0) is 55.2 Å². The zero-order valence-corrected chi connectivity index (χ0v) is 15.9. The number of halogens is 1. The van der Waals surface area contributed by atoms with E-state index in [9.17, 15) is 4.79 Å². The normalized spacial score (nSPS) is 15.2.